The zero-order valence-corrected chi connectivity index (χ0v) is 25.2. The van der Waals surface area contributed by atoms with Crippen molar-refractivity contribution >= 4 is 70.5 Å². The smallest absolute Gasteiger partial charge is 0.160 e. The standard InChI is InChI=1S/C42H27NOS/c1-3-13-28(14-4-1)30-17-11-18-31(27-30)43(36-21-12-24-39-40(36)35-20-8-10-23-38(35)45-39)41-32(29-15-5-2-6-16-29)25-26-34-33-19-7-9-22-37(33)44-42(34)41/h1-27H. The molecule has 0 saturated heterocycles. The number of anilines is 3. The second kappa shape index (κ2) is 10.5. The lowest BCUT2D eigenvalue weighted by Gasteiger charge is -2.29. The van der Waals surface area contributed by atoms with Crippen LogP contribution in [0.15, 0.2) is 168 Å². The lowest BCUT2D eigenvalue weighted by atomic mass is 9.98. The van der Waals surface area contributed by atoms with E-state index in [1.54, 1.807) is 0 Å². The minimum Gasteiger partial charge on any atom is -0.454 e. The number of hydrogen-bond donors (Lipinski definition) is 0. The number of hydrogen-bond acceptors (Lipinski definition) is 3. The molecule has 0 fully saturated rings. The number of benzene rings is 7. The van der Waals surface area contributed by atoms with E-state index in [1.807, 2.05) is 17.4 Å². The summed E-state index contributed by atoms with van der Waals surface area (Å²) in [6.45, 7) is 0. The minimum atomic E-state index is 0.874. The number of rotatable bonds is 5. The molecule has 212 valence electrons. The Bertz CT molecular complexity index is 2490. The van der Waals surface area contributed by atoms with Crippen molar-refractivity contribution in [3.63, 3.8) is 0 Å². The summed E-state index contributed by atoms with van der Waals surface area (Å²) in [5.74, 6) is 0. The molecule has 0 aliphatic rings. The van der Waals surface area contributed by atoms with Gasteiger partial charge in [0.05, 0.1) is 11.4 Å². The fourth-order valence-electron chi connectivity index (χ4n) is 6.63. The average molecular weight is 594 g/mol. The quantitative estimate of drug-likeness (QED) is 0.197. The highest BCUT2D eigenvalue weighted by Crippen LogP contribution is 2.51. The van der Waals surface area contributed by atoms with Crippen LogP contribution in [-0.2, 0) is 0 Å². The molecule has 45 heavy (non-hydrogen) atoms. The summed E-state index contributed by atoms with van der Waals surface area (Å²) >= 11 is 1.84. The Labute approximate surface area is 265 Å². The van der Waals surface area contributed by atoms with E-state index in [-0.39, 0.29) is 0 Å². The summed E-state index contributed by atoms with van der Waals surface area (Å²) in [6.07, 6.45) is 0. The largest absolute Gasteiger partial charge is 0.454 e. The topological polar surface area (TPSA) is 16.4 Å². The van der Waals surface area contributed by atoms with Crippen LogP contribution in [0.5, 0.6) is 0 Å². The normalized spacial score (nSPS) is 11.6. The van der Waals surface area contributed by atoms with Crippen LogP contribution in [0.2, 0.25) is 0 Å². The van der Waals surface area contributed by atoms with Crippen molar-refractivity contribution in [3.05, 3.63) is 164 Å². The lowest BCUT2D eigenvalue weighted by molar-refractivity contribution is 0.669. The van der Waals surface area contributed by atoms with Crippen LogP contribution in [0.25, 0.3) is 64.4 Å². The maximum absolute atomic E-state index is 6.83. The third kappa shape index (κ3) is 4.24. The molecule has 9 aromatic rings. The summed E-state index contributed by atoms with van der Waals surface area (Å²) in [7, 11) is 0. The van der Waals surface area contributed by atoms with Gasteiger partial charge in [0, 0.05) is 42.2 Å². The number of nitrogens with zero attached hydrogens (tertiary/aromatic N) is 1. The summed E-state index contributed by atoms with van der Waals surface area (Å²) in [6, 6.07) is 58.4. The molecule has 0 spiro atoms. The van der Waals surface area contributed by atoms with Crippen LogP contribution in [0, 0.1) is 0 Å². The molecule has 0 bridgehead atoms. The zero-order valence-electron chi connectivity index (χ0n) is 24.4. The third-order valence-electron chi connectivity index (χ3n) is 8.66. The molecule has 0 aliphatic heterocycles. The van der Waals surface area contributed by atoms with Crippen LogP contribution >= 0.6 is 11.3 Å². The highest BCUT2D eigenvalue weighted by Gasteiger charge is 2.26. The predicted molar refractivity (Wildman–Crippen MR) is 192 cm³/mol. The minimum absolute atomic E-state index is 0.874. The lowest BCUT2D eigenvalue weighted by Crippen LogP contribution is -2.12. The highest BCUT2D eigenvalue weighted by atomic mass is 32.1. The Morgan fingerprint density at radius 3 is 1.98 bits per heavy atom. The Morgan fingerprint density at radius 1 is 0.467 bits per heavy atom. The van der Waals surface area contributed by atoms with Gasteiger partial charge in [-0.25, -0.2) is 0 Å². The maximum Gasteiger partial charge on any atom is 0.160 e. The molecular weight excluding hydrogens is 567 g/mol. The van der Waals surface area contributed by atoms with Crippen LogP contribution in [0.3, 0.4) is 0 Å². The molecule has 0 radical (unpaired) electrons. The van der Waals surface area contributed by atoms with Crippen LogP contribution in [0.1, 0.15) is 0 Å². The first-order valence-electron chi connectivity index (χ1n) is 15.2. The van der Waals surface area contributed by atoms with Gasteiger partial charge < -0.3 is 9.32 Å². The van der Waals surface area contributed by atoms with Crippen molar-refractivity contribution in [1.29, 1.82) is 0 Å². The van der Waals surface area contributed by atoms with Crippen molar-refractivity contribution in [2.75, 3.05) is 4.90 Å². The van der Waals surface area contributed by atoms with E-state index in [1.165, 1.54) is 31.3 Å². The van der Waals surface area contributed by atoms with Gasteiger partial charge in [0.25, 0.3) is 0 Å². The number of thiophene rings is 1. The third-order valence-corrected chi connectivity index (χ3v) is 9.80. The van der Waals surface area contributed by atoms with Gasteiger partial charge >= 0.3 is 0 Å². The summed E-state index contributed by atoms with van der Waals surface area (Å²) in [4.78, 5) is 2.43. The monoisotopic (exact) mass is 593 g/mol. The molecule has 0 N–H and O–H groups in total. The van der Waals surface area contributed by atoms with Gasteiger partial charge in [-0.3, -0.25) is 0 Å². The average Bonchev–Trinajstić information content (AvgIpc) is 3.69. The molecule has 0 atom stereocenters. The Balaban J connectivity index is 1.44. The van der Waals surface area contributed by atoms with Crippen LogP contribution in [0.4, 0.5) is 17.1 Å². The molecule has 0 amide bonds. The zero-order chi connectivity index (χ0) is 29.7. The SMILES string of the molecule is c1ccc(-c2cccc(N(c3c(-c4ccccc4)ccc4c3oc3ccccc34)c3cccc4sc5ccccc5c34)c2)cc1. The number of fused-ring (bicyclic) bond motifs is 6. The molecule has 0 unspecified atom stereocenters. The molecular formula is C42H27NOS. The van der Waals surface area contributed by atoms with Gasteiger partial charge in [-0.05, 0) is 59.2 Å². The van der Waals surface area contributed by atoms with Gasteiger partial charge in [0.15, 0.2) is 5.58 Å². The van der Waals surface area contributed by atoms with E-state index in [0.29, 0.717) is 0 Å². The number of furan rings is 1. The van der Waals surface area contributed by atoms with Crippen molar-refractivity contribution in [1.82, 2.24) is 0 Å². The van der Waals surface area contributed by atoms with Gasteiger partial charge in [-0.15, -0.1) is 11.3 Å². The Kier molecular flexibility index (Phi) is 6.03. The molecule has 0 aliphatic carbocycles. The van der Waals surface area contributed by atoms with Crippen molar-refractivity contribution in [3.8, 4) is 22.3 Å². The summed E-state index contributed by atoms with van der Waals surface area (Å²) in [5.41, 5.74) is 9.59. The van der Waals surface area contributed by atoms with Crippen LogP contribution in [-0.4, -0.2) is 0 Å². The predicted octanol–water partition coefficient (Wildman–Crippen LogP) is 12.8. The Morgan fingerprint density at radius 2 is 1.13 bits per heavy atom. The first kappa shape index (κ1) is 25.8. The van der Waals surface area contributed by atoms with E-state index < -0.39 is 0 Å². The van der Waals surface area contributed by atoms with Crippen molar-refractivity contribution in [2.24, 2.45) is 0 Å². The summed E-state index contributed by atoms with van der Waals surface area (Å²) in [5, 5.41) is 4.73. The first-order chi connectivity index (χ1) is 22.3. The molecule has 2 aromatic heterocycles. The number of para-hydroxylation sites is 1. The van der Waals surface area contributed by atoms with Crippen molar-refractivity contribution in [2.45, 2.75) is 0 Å². The second-order valence-electron chi connectivity index (χ2n) is 11.3. The second-order valence-corrected chi connectivity index (χ2v) is 12.4. The summed E-state index contributed by atoms with van der Waals surface area (Å²) < 4.78 is 9.37. The van der Waals surface area contributed by atoms with E-state index in [2.05, 4.69) is 163 Å². The first-order valence-corrected chi connectivity index (χ1v) is 16.0. The molecule has 0 saturated carbocycles. The maximum atomic E-state index is 6.83. The fraction of sp³-hybridized carbons (Fsp3) is 0. The molecule has 7 aromatic carbocycles. The van der Waals surface area contributed by atoms with Crippen LogP contribution < -0.4 is 4.90 Å². The van der Waals surface area contributed by atoms with Crippen molar-refractivity contribution < 1.29 is 4.42 Å². The van der Waals surface area contributed by atoms with E-state index in [9.17, 15) is 0 Å². The highest BCUT2D eigenvalue weighted by molar-refractivity contribution is 7.26. The van der Waals surface area contributed by atoms with E-state index >= 15 is 0 Å². The van der Waals surface area contributed by atoms with Gasteiger partial charge in [0.1, 0.15) is 5.58 Å². The van der Waals surface area contributed by atoms with Gasteiger partial charge in [-0.1, -0.05) is 121 Å². The molecule has 9 rings (SSSR count). The van der Waals surface area contributed by atoms with E-state index in [0.717, 1.165) is 50.1 Å². The molecule has 2 nitrogen and oxygen atoms in total. The molecule has 2 heterocycles. The van der Waals surface area contributed by atoms with E-state index in [4.69, 9.17) is 4.42 Å². The molecule has 3 heteroatoms. The Hall–Kier alpha value is -5.64. The fourth-order valence-corrected chi connectivity index (χ4v) is 7.76. The van der Waals surface area contributed by atoms with Gasteiger partial charge in [-0.2, -0.15) is 0 Å². The van der Waals surface area contributed by atoms with Gasteiger partial charge in [0.2, 0.25) is 0 Å².